The minimum atomic E-state index is -0.916. The van der Waals surface area contributed by atoms with E-state index < -0.39 is 30.6 Å². The van der Waals surface area contributed by atoms with Crippen molar-refractivity contribution < 1.29 is 33.6 Å². The number of hydrogen-bond acceptors (Lipinski definition) is 7. The average Bonchev–Trinajstić information content (AvgIpc) is 2.65. The molecule has 7 nitrogen and oxygen atoms in total. The Morgan fingerprint density at radius 3 is 2.39 bits per heavy atom. The van der Waals surface area contributed by atoms with Crippen molar-refractivity contribution in [1.82, 2.24) is 0 Å². The van der Waals surface area contributed by atoms with Gasteiger partial charge in [0, 0.05) is 26.1 Å². The van der Waals surface area contributed by atoms with Crippen LogP contribution < -0.4 is 0 Å². The van der Waals surface area contributed by atoms with Crippen LogP contribution >= 0.6 is 0 Å². The van der Waals surface area contributed by atoms with E-state index in [0.717, 1.165) is 6.42 Å². The number of aliphatic hydroxyl groups excluding tert-OH is 1. The van der Waals surface area contributed by atoms with Gasteiger partial charge in [0.1, 0.15) is 6.10 Å². The van der Waals surface area contributed by atoms with E-state index in [-0.39, 0.29) is 24.2 Å². The van der Waals surface area contributed by atoms with E-state index in [1.54, 1.807) is 14.0 Å². The number of rotatable bonds is 11. The van der Waals surface area contributed by atoms with Crippen LogP contribution in [-0.2, 0) is 28.5 Å². The van der Waals surface area contributed by atoms with E-state index in [0.29, 0.717) is 18.9 Å². The Labute approximate surface area is 170 Å². The molecule has 1 saturated heterocycles. The lowest BCUT2D eigenvalue weighted by molar-refractivity contribution is -0.277. The molecule has 0 aliphatic carbocycles. The van der Waals surface area contributed by atoms with Gasteiger partial charge in [-0.1, -0.05) is 20.8 Å². The molecule has 0 amide bonds. The molecule has 9 atom stereocenters. The number of carbonyl (C=O) groups is 1. The fraction of sp³-hybridized carbons (Fsp3) is 0.952. The fourth-order valence-corrected chi connectivity index (χ4v) is 3.61. The molecule has 1 N–H and O–H groups in total. The highest BCUT2D eigenvalue weighted by molar-refractivity contribution is 5.72. The first-order valence-electron chi connectivity index (χ1n) is 10.5. The monoisotopic (exact) mass is 404 g/mol. The second-order valence-corrected chi connectivity index (χ2v) is 7.94. The van der Waals surface area contributed by atoms with Crippen molar-refractivity contribution in [1.29, 1.82) is 0 Å². The van der Waals surface area contributed by atoms with Crippen molar-refractivity contribution in [3.05, 3.63) is 0 Å². The zero-order valence-corrected chi connectivity index (χ0v) is 18.7. The van der Waals surface area contributed by atoms with Crippen molar-refractivity contribution in [3.8, 4) is 0 Å². The number of esters is 1. The highest BCUT2D eigenvalue weighted by atomic mass is 16.7. The molecule has 7 heteroatoms. The maximum atomic E-state index is 12.4. The summed E-state index contributed by atoms with van der Waals surface area (Å²) < 4.78 is 28.3. The van der Waals surface area contributed by atoms with Crippen LogP contribution in [0.1, 0.15) is 61.3 Å². The third kappa shape index (κ3) is 6.95. The van der Waals surface area contributed by atoms with Gasteiger partial charge in [0.05, 0.1) is 24.2 Å². The van der Waals surface area contributed by atoms with Gasteiger partial charge in [0.25, 0.3) is 0 Å². The molecule has 0 saturated carbocycles. The van der Waals surface area contributed by atoms with Crippen LogP contribution in [0.4, 0.5) is 0 Å². The first kappa shape index (κ1) is 25.3. The molecular formula is C21H40O7. The van der Waals surface area contributed by atoms with E-state index >= 15 is 0 Å². The molecule has 0 radical (unpaired) electrons. The number of hydrogen-bond donors (Lipinski definition) is 1. The number of ether oxygens (including phenoxy) is 5. The van der Waals surface area contributed by atoms with E-state index in [9.17, 15) is 9.90 Å². The molecule has 0 aromatic heterocycles. The van der Waals surface area contributed by atoms with E-state index in [4.69, 9.17) is 23.7 Å². The van der Waals surface area contributed by atoms with Gasteiger partial charge in [0.15, 0.2) is 6.29 Å². The SMILES string of the molecule is CCOC(CC)OC(=O)[C@H](C)[C@@H](O)[C@H](C)[C@H](C)O[C@@H]1O[C@H](C)C[C@H](C)[C@H]1OC. The number of carbonyl (C=O) groups excluding carboxylic acids is 1. The number of methoxy groups -OCH3 is 1. The molecule has 0 spiro atoms. The summed E-state index contributed by atoms with van der Waals surface area (Å²) in [6.07, 6.45) is -0.952. The van der Waals surface area contributed by atoms with Gasteiger partial charge in [-0.3, -0.25) is 4.79 Å². The maximum Gasteiger partial charge on any atom is 0.313 e. The normalized spacial score (nSPS) is 30.9. The highest BCUT2D eigenvalue weighted by Gasteiger charge is 2.39. The lowest BCUT2D eigenvalue weighted by Crippen LogP contribution is -2.49. The zero-order valence-electron chi connectivity index (χ0n) is 18.7. The molecular weight excluding hydrogens is 364 g/mol. The Kier molecular flexibility index (Phi) is 10.9. The molecule has 1 aliphatic heterocycles. The molecule has 1 fully saturated rings. The van der Waals surface area contributed by atoms with Crippen molar-refractivity contribution in [2.75, 3.05) is 13.7 Å². The first-order chi connectivity index (χ1) is 13.2. The van der Waals surface area contributed by atoms with E-state index in [1.165, 1.54) is 0 Å². The summed E-state index contributed by atoms with van der Waals surface area (Å²) in [6, 6.07) is 0. The van der Waals surface area contributed by atoms with Crippen LogP contribution in [0.5, 0.6) is 0 Å². The lowest BCUT2D eigenvalue weighted by atomic mass is 9.89. The molecule has 166 valence electrons. The summed E-state index contributed by atoms with van der Waals surface area (Å²) in [5, 5.41) is 10.7. The lowest BCUT2D eigenvalue weighted by Gasteiger charge is -2.41. The standard InChI is InChI=1S/C21H40O7/c1-9-17(25-10-2)28-20(23)15(6)18(22)14(5)16(7)27-21-19(24-8)12(3)11-13(4)26-21/h12-19,21-22H,9-11H2,1-8H3/t12-,13+,14+,15+,16-,17?,18-,19+,21-/m0/s1. The highest BCUT2D eigenvalue weighted by Crippen LogP contribution is 2.30. The van der Waals surface area contributed by atoms with Gasteiger partial charge in [-0.2, -0.15) is 0 Å². The van der Waals surface area contributed by atoms with Crippen LogP contribution in [0.2, 0.25) is 0 Å². The quantitative estimate of drug-likeness (QED) is 0.418. The first-order valence-corrected chi connectivity index (χ1v) is 10.5. The molecule has 28 heavy (non-hydrogen) atoms. The average molecular weight is 405 g/mol. The molecule has 0 bridgehead atoms. The summed E-state index contributed by atoms with van der Waals surface area (Å²) in [4.78, 5) is 12.4. The van der Waals surface area contributed by atoms with Gasteiger partial charge >= 0.3 is 5.97 Å². The molecule has 1 unspecified atom stereocenters. The topological polar surface area (TPSA) is 83.5 Å². The van der Waals surface area contributed by atoms with Crippen molar-refractivity contribution in [3.63, 3.8) is 0 Å². The van der Waals surface area contributed by atoms with Crippen LogP contribution in [0, 0.1) is 17.8 Å². The third-order valence-corrected chi connectivity index (χ3v) is 5.62. The van der Waals surface area contributed by atoms with Crippen molar-refractivity contribution in [2.24, 2.45) is 17.8 Å². The van der Waals surface area contributed by atoms with Crippen LogP contribution in [0.3, 0.4) is 0 Å². The van der Waals surface area contributed by atoms with Gasteiger partial charge < -0.3 is 28.8 Å². The van der Waals surface area contributed by atoms with Crippen LogP contribution in [0.25, 0.3) is 0 Å². The molecule has 1 heterocycles. The predicted octanol–water partition coefficient (Wildman–Crippen LogP) is 3.13. The Morgan fingerprint density at radius 1 is 1.21 bits per heavy atom. The van der Waals surface area contributed by atoms with Gasteiger partial charge in [-0.05, 0) is 40.0 Å². The van der Waals surface area contributed by atoms with Gasteiger partial charge in [-0.15, -0.1) is 0 Å². The Bertz CT molecular complexity index is 458. The summed E-state index contributed by atoms with van der Waals surface area (Å²) in [7, 11) is 1.65. The number of aliphatic hydroxyl groups is 1. The van der Waals surface area contributed by atoms with Crippen LogP contribution in [-0.4, -0.2) is 61.8 Å². The minimum Gasteiger partial charge on any atom is -0.435 e. The summed E-state index contributed by atoms with van der Waals surface area (Å²) >= 11 is 0. The fourth-order valence-electron chi connectivity index (χ4n) is 3.61. The second kappa shape index (κ2) is 12.1. The van der Waals surface area contributed by atoms with Crippen molar-refractivity contribution >= 4 is 5.97 Å². The molecule has 0 aromatic rings. The minimum absolute atomic E-state index is 0.0808. The largest absolute Gasteiger partial charge is 0.435 e. The van der Waals surface area contributed by atoms with Crippen molar-refractivity contribution in [2.45, 2.75) is 98.3 Å². The Hall–Kier alpha value is -0.730. The molecule has 0 aromatic carbocycles. The maximum absolute atomic E-state index is 12.4. The molecule has 1 aliphatic rings. The smallest absolute Gasteiger partial charge is 0.313 e. The second-order valence-electron chi connectivity index (χ2n) is 7.94. The Morgan fingerprint density at radius 2 is 1.86 bits per heavy atom. The van der Waals surface area contributed by atoms with Crippen LogP contribution in [0.15, 0.2) is 0 Å². The zero-order chi connectivity index (χ0) is 21.4. The molecule has 1 rings (SSSR count). The summed E-state index contributed by atoms with van der Waals surface area (Å²) in [5.41, 5.74) is 0. The predicted molar refractivity (Wildman–Crippen MR) is 106 cm³/mol. The summed E-state index contributed by atoms with van der Waals surface area (Å²) in [5.74, 6) is -1.16. The summed E-state index contributed by atoms with van der Waals surface area (Å²) in [6.45, 7) is 13.7. The van der Waals surface area contributed by atoms with E-state index in [1.807, 2.05) is 34.6 Å². The van der Waals surface area contributed by atoms with Gasteiger partial charge in [0.2, 0.25) is 6.29 Å². The van der Waals surface area contributed by atoms with E-state index in [2.05, 4.69) is 6.92 Å². The van der Waals surface area contributed by atoms with Gasteiger partial charge in [-0.25, -0.2) is 0 Å². The Balaban J connectivity index is 2.67. The third-order valence-electron chi connectivity index (χ3n) is 5.62.